The summed E-state index contributed by atoms with van der Waals surface area (Å²) in [5.74, 6) is -3.88. The summed E-state index contributed by atoms with van der Waals surface area (Å²) >= 11 is 0. The molecule has 1 unspecified atom stereocenters. The molecule has 28 heteroatoms. The molecule has 1 heterocycles. The van der Waals surface area contributed by atoms with Crippen molar-refractivity contribution in [2.75, 3.05) is 31.4 Å². The lowest BCUT2D eigenvalue weighted by Gasteiger charge is -2.13. The SMILES string of the molecule is Cc1ccc(/N=N/c2cc(OCCO)c(/N=N/c3c(S(=O)(=O)O)cc4cc(/N=N/C5C(=O)N(c6ccc(S(=O)(=O)O)cc6)N=C5C(=O)O)ccc4c3O)cc2OCCO)c(S(=O)(=O)O)c1. The van der Waals surface area contributed by atoms with E-state index in [2.05, 4.69) is 35.8 Å². The lowest BCUT2D eigenvalue weighted by molar-refractivity contribution is -0.130. The van der Waals surface area contributed by atoms with Crippen LogP contribution in [0.2, 0.25) is 0 Å². The van der Waals surface area contributed by atoms with E-state index in [4.69, 9.17) is 9.47 Å². The molecule has 0 radical (unpaired) electrons. The number of ether oxygens (including phenoxy) is 2. The van der Waals surface area contributed by atoms with Crippen LogP contribution in [0.1, 0.15) is 5.56 Å². The maximum atomic E-state index is 13.2. The van der Waals surface area contributed by atoms with Gasteiger partial charge in [-0.15, -0.1) is 20.5 Å². The molecular weight excluding hydrogens is 925 g/mol. The van der Waals surface area contributed by atoms with E-state index in [0.717, 1.165) is 54.6 Å². The molecule has 1 amide bonds. The van der Waals surface area contributed by atoms with Crippen LogP contribution in [0, 0.1) is 6.92 Å². The Kier molecular flexibility index (Phi) is 13.7. The number of hydrogen-bond acceptors (Lipinski definition) is 20. The number of rotatable bonds is 17. The highest BCUT2D eigenvalue weighted by Crippen LogP contribution is 2.45. The monoisotopic (exact) mass is 956 g/mol. The zero-order chi connectivity index (χ0) is 47.4. The Labute approximate surface area is 366 Å². The van der Waals surface area contributed by atoms with Gasteiger partial charge in [0.25, 0.3) is 36.3 Å². The van der Waals surface area contributed by atoms with Gasteiger partial charge in [0.05, 0.1) is 29.5 Å². The Morgan fingerprint density at radius 1 is 0.708 bits per heavy atom. The minimum atomic E-state index is -5.21. The van der Waals surface area contributed by atoms with Gasteiger partial charge in [0.15, 0.2) is 11.5 Å². The third-order valence-electron chi connectivity index (χ3n) is 8.76. The number of fused-ring (bicyclic) bond motifs is 1. The standard InChI is InChI=1S/C37H32N8O17S3/c1-19-2-9-25(30(14-19)64(55,56)57)39-40-26-17-29(62-13-11-47)27(18-28(26)61-12-10-46)41-42-32-31(65(58,59)60)16-20-15-21(3-8-24(20)35(32)48)38-43-33-34(37(50)51)44-45(36(33)49)22-4-6-23(7-5-22)63(52,53)54/h2-9,14-18,33,46-48H,10-13H2,1H3,(H,50,51)(H,52,53,54)(H,55,56,57)(H,58,59,60)/b40-39+,42-41+,43-38+. The van der Waals surface area contributed by atoms with Crippen LogP contribution in [0.25, 0.3) is 10.8 Å². The number of benzene rings is 5. The van der Waals surface area contributed by atoms with Crippen molar-refractivity contribution in [1.82, 2.24) is 0 Å². The molecule has 340 valence electrons. The number of aliphatic hydroxyl groups is 2. The van der Waals surface area contributed by atoms with Gasteiger partial charge in [-0.3, -0.25) is 18.5 Å². The maximum Gasteiger partial charge on any atom is 0.355 e. The van der Waals surface area contributed by atoms with Gasteiger partial charge in [-0.25, -0.2) is 4.79 Å². The molecular formula is C37H32N8O17S3. The number of amides is 1. The summed E-state index contributed by atoms with van der Waals surface area (Å²) < 4.78 is 113. The first-order valence-electron chi connectivity index (χ1n) is 18.1. The molecule has 25 nitrogen and oxygen atoms in total. The first-order chi connectivity index (χ1) is 30.6. The fraction of sp³-hybridized carbons (Fsp3) is 0.162. The van der Waals surface area contributed by atoms with Crippen LogP contribution in [0.15, 0.2) is 129 Å². The number of aromatic hydroxyl groups is 1. The molecule has 5 aromatic rings. The highest BCUT2D eigenvalue weighted by atomic mass is 32.2. The molecule has 0 saturated carbocycles. The summed E-state index contributed by atoms with van der Waals surface area (Å²) in [5, 5.41) is 67.8. The van der Waals surface area contributed by atoms with Crippen molar-refractivity contribution in [3.63, 3.8) is 0 Å². The van der Waals surface area contributed by atoms with E-state index >= 15 is 0 Å². The zero-order valence-electron chi connectivity index (χ0n) is 32.9. The number of phenolic OH excluding ortho intramolecular Hbond substituents is 1. The van der Waals surface area contributed by atoms with Crippen molar-refractivity contribution < 1.29 is 78.4 Å². The Morgan fingerprint density at radius 3 is 1.85 bits per heavy atom. The molecule has 1 aliphatic rings. The van der Waals surface area contributed by atoms with Crippen LogP contribution in [-0.4, -0.2) is 109 Å². The second kappa shape index (κ2) is 18.9. The number of hydrogen-bond donors (Lipinski definition) is 7. The molecule has 0 spiro atoms. The first-order valence-corrected chi connectivity index (χ1v) is 22.4. The van der Waals surface area contributed by atoms with Crippen molar-refractivity contribution in [3.05, 3.63) is 84.4 Å². The van der Waals surface area contributed by atoms with Crippen LogP contribution in [0.5, 0.6) is 17.2 Å². The molecule has 5 aromatic carbocycles. The third-order valence-corrected chi connectivity index (χ3v) is 11.4. The van der Waals surface area contributed by atoms with E-state index in [1.807, 2.05) is 0 Å². The quantitative estimate of drug-likeness (QED) is 0.0470. The fourth-order valence-electron chi connectivity index (χ4n) is 5.83. The van der Waals surface area contributed by atoms with Crippen molar-refractivity contribution in [1.29, 1.82) is 0 Å². The Morgan fingerprint density at radius 2 is 1.29 bits per heavy atom. The average Bonchev–Trinajstić information content (AvgIpc) is 3.58. The van der Waals surface area contributed by atoms with E-state index < -0.39 is 93.3 Å². The molecule has 65 heavy (non-hydrogen) atoms. The number of aryl methyl sites for hydroxylation is 1. The number of carbonyl (C=O) groups is 2. The van der Waals surface area contributed by atoms with Gasteiger partial charge >= 0.3 is 5.97 Å². The Bertz CT molecular complexity index is 3200. The summed E-state index contributed by atoms with van der Waals surface area (Å²) in [5.41, 5.74) is -1.94. The van der Waals surface area contributed by atoms with Gasteiger partial charge in [0.1, 0.15) is 57.3 Å². The lowest BCUT2D eigenvalue weighted by atomic mass is 10.1. The van der Waals surface area contributed by atoms with Crippen LogP contribution >= 0.6 is 0 Å². The molecule has 7 N–H and O–H groups in total. The van der Waals surface area contributed by atoms with E-state index in [1.165, 1.54) is 24.3 Å². The predicted octanol–water partition coefficient (Wildman–Crippen LogP) is 5.11. The molecule has 0 bridgehead atoms. The lowest BCUT2D eigenvalue weighted by Crippen LogP contribution is -2.33. The van der Waals surface area contributed by atoms with Crippen LogP contribution < -0.4 is 14.5 Å². The Balaban J connectivity index is 1.36. The van der Waals surface area contributed by atoms with E-state index in [-0.39, 0.29) is 63.9 Å². The van der Waals surface area contributed by atoms with Gasteiger partial charge in [-0.05, 0) is 78.5 Å². The maximum absolute atomic E-state index is 13.2. The first kappa shape index (κ1) is 47.3. The third kappa shape index (κ3) is 10.8. The number of anilines is 1. The Hall–Kier alpha value is -7.18. The largest absolute Gasteiger partial charge is 0.505 e. The molecule has 1 atom stereocenters. The van der Waals surface area contributed by atoms with Crippen molar-refractivity contribution in [3.8, 4) is 17.2 Å². The fourth-order valence-corrected chi connectivity index (χ4v) is 7.68. The molecule has 0 aromatic heterocycles. The van der Waals surface area contributed by atoms with Gasteiger partial charge in [-0.1, -0.05) is 6.07 Å². The highest BCUT2D eigenvalue weighted by molar-refractivity contribution is 7.86. The summed E-state index contributed by atoms with van der Waals surface area (Å²) in [6, 6.07) is 13.0. The van der Waals surface area contributed by atoms with Crippen LogP contribution in [0.4, 0.5) is 34.1 Å². The number of hydrazone groups is 1. The summed E-state index contributed by atoms with van der Waals surface area (Å²) in [7, 11) is -14.5. The predicted molar refractivity (Wildman–Crippen MR) is 223 cm³/mol. The second-order valence-electron chi connectivity index (χ2n) is 13.3. The number of carboxylic acid groups (broad SMARTS) is 1. The van der Waals surface area contributed by atoms with Crippen molar-refractivity contribution in [2.45, 2.75) is 27.7 Å². The van der Waals surface area contributed by atoms with E-state index in [0.29, 0.717) is 10.6 Å². The highest BCUT2D eigenvalue weighted by Gasteiger charge is 2.41. The normalized spacial score (nSPS) is 14.9. The topological polar surface area (TPSA) is 386 Å². The number of aliphatic carboxylic acids is 1. The number of carboxylic acids is 1. The summed E-state index contributed by atoms with van der Waals surface area (Å²) in [6.07, 6.45) is 0. The van der Waals surface area contributed by atoms with Gasteiger partial charge in [-0.2, -0.15) is 45.6 Å². The zero-order valence-corrected chi connectivity index (χ0v) is 35.4. The van der Waals surface area contributed by atoms with Gasteiger partial charge in [0, 0.05) is 17.5 Å². The van der Waals surface area contributed by atoms with Crippen LogP contribution in [-0.2, 0) is 39.9 Å². The smallest absolute Gasteiger partial charge is 0.355 e. The molecule has 1 aliphatic heterocycles. The molecule has 6 rings (SSSR count). The van der Waals surface area contributed by atoms with Crippen LogP contribution in [0.3, 0.4) is 0 Å². The summed E-state index contributed by atoms with van der Waals surface area (Å²) in [6.45, 7) is -0.105. The van der Waals surface area contributed by atoms with Gasteiger partial charge < -0.3 is 29.9 Å². The number of phenols is 1. The number of azo groups is 3. The van der Waals surface area contributed by atoms with Gasteiger partial charge in [0.2, 0.25) is 6.04 Å². The number of nitrogens with zero attached hydrogens (tertiary/aromatic N) is 8. The number of carbonyl (C=O) groups excluding carboxylic acids is 1. The number of aliphatic hydroxyl groups excluding tert-OH is 2. The minimum Gasteiger partial charge on any atom is -0.505 e. The molecule has 0 saturated heterocycles. The summed E-state index contributed by atoms with van der Waals surface area (Å²) in [4.78, 5) is 23.2. The molecule has 0 aliphatic carbocycles. The van der Waals surface area contributed by atoms with Crippen molar-refractivity contribution in [2.24, 2.45) is 35.8 Å². The average molecular weight is 957 g/mol. The van der Waals surface area contributed by atoms with Crippen molar-refractivity contribution >= 4 is 92.8 Å². The van der Waals surface area contributed by atoms with E-state index in [1.54, 1.807) is 6.92 Å². The molecule has 0 fully saturated rings. The second-order valence-corrected chi connectivity index (χ2v) is 17.5. The van der Waals surface area contributed by atoms with E-state index in [9.17, 15) is 68.9 Å². The minimum absolute atomic E-state index is 0.0772.